The fourth-order valence-electron chi connectivity index (χ4n) is 2.45. The summed E-state index contributed by atoms with van der Waals surface area (Å²) in [5, 5.41) is 3.20. The van der Waals surface area contributed by atoms with Crippen LogP contribution in [0.3, 0.4) is 0 Å². The summed E-state index contributed by atoms with van der Waals surface area (Å²) >= 11 is 5.04. The van der Waals surface area contributed by atoms with Crippen LogP contribution in [-0.2, 0) is 15.7 Å². The van der Waals surface area contributed by atoms with Crippen molar-refractivity contribution in [2.45, 2.75) is 12.6 Å². The molecule has 1 aromatic rings. The standard InChI is InChI=1S/C17H23F3N4O3S/c18-17(19,20)13-3-1-4-14(11-13)27-12-15(25)22-23-16(28)21-5-2-6-24-7-9-26-10-8-24/h1,3-4,11H,2,5-10,12H2,(H,22,25)(H2,21,23,28). The highest BCUT2D eigenvalue weighted by atomic mass is 32.1. The second-order valence-electron chi connectivity index (χ2n) is 6.05. The molecule has 28 heavy (non-hydrogen) atoms. The summed E-state index contributed by atoms with van der Waals surface area (Å²) in [6.45, 7) is 4.46. The molecule has 0 bridgehead atoms. The van der Waals surface area contributed by atoms with Crippen molar-refractivity contribution in [3.63, 3.8) is 0 Å². The van der Waals surface area contributed by atoms with Gasteiger partial charge in [0.25, 0.3) is 5.91 Å². The third-order valence-corrected chi connectivity index (χ3v) is 4.13. The maximum Gasteiger partial charge on any atom is 0.416 e. The van der Waals surface area contributed by atoms with Crippen LogP contribution in [-0.4, -0.2) is 61.9 Å². The third kappa shape index (κ3) is 8.28. The number of nitrogens with one attached hydrogen (secondary N) is 3. The number of halogens is 3. The Balaban J connectivity index is 1.58. The summed E-state index contributed by atoms with van der Waals surface area (Å²) in [7, 11) is 0. The molecule has 1 saturated heterocycles. The van der Waals surface area contributed by atoms with E-state index in [1.807, 2.05) is 0 Å². The molecule has 0 spiro atoms. The normalized spacial score (nSPS) is 15.0. The van der Waals surface area contributed by atoms with E-state index in [1.165, 1.54) is 12.1 Å². The number of carbonyl (C=O) groups is 1. The molecule has 0 radical (unpaired) electrons. The van der Waals surface area contributed by atoms with Crippen LogP contribution >= 0.6 is 12.2 Å². The summed E-state index contributed by atoms with van der Waals surface area (Å²) in [6, 6.07) is 4.32. The van der Waals surface area contributed by atoms with Crippen molar-refractivity contribution in [2.24, 2.45) is 0 Å². The first-order chi connectivity index (χ1) is 13.3. The van der Waals surface area contributed by atoms with Gasteiger partial charge in [-0.2, -0.15) is 13.2 Å². The molecule has 0 atom stereocenters. The summed E-state index contributed by atoms with van der Waals surface area (Å²) < 4.78 is 48.3. The zero-order valence-electron chi connectivity index (χ0n) is 15.2. The Hall–Kier alpha value is -2.11. The summed E-state index contributed by atoms with van der Waals surface area (Å²) in [5.41, 5.74) is 4.00. The number of amides is 1. The highest BCUT2D eigenvalue weighted by Gasteiger charge is 2.30. The minimum absolute atomic E-state index is 0.0474. The number of rotatable bonds is 7. The Morgan fingerprint density at radius 3 is 2.71 bits per heavy atom. The lowest BCUT2D eigenvalue weighted by Gasteiger charge is -2.26. The van der Waals surface area contributed by atoms with Gasteiger partial charge in [0, 0.05) is 19.6 Å². The van der Waals surface area contributed by atoms with Gasteiger partial charge in [-0.3, -0.25) is 20.5 Å². The number of hydrazine groups is 1. The van der Waals surface area contributed by atoms with E-state index in [0.717, 1.165) is 51.4 Å². The van der Waals surface area contributed by atoms with Gasteiger partial charge in [-0.25, -0.2) is 0 Å². The van der Waals surface area contributed by atoms with Gasteiger partial charge in [0.05, 0.1) is 18.8 Å². The summed E-state index contributed by atoms with van der Waals surface area (Å²) in [4.78, 5) is 14.0. The minimum Gasteiger partial charge on any atom is -0.484 e. The molecule has 156 valence electrons. The van der Waals surface area contributed by atoms with Crippen LogP contribution in [0.4, 0.5) is 13.2 Å². The first-order valence-electron chi connectivity index (χ1n) is 8.77. The topological polar surface area (TPSA) is 74.9 Å². The Kier molecular flexibility index (Phi) is 8.74. The molecule has 0 aromatic heterocycles. The van der Waals surface area contributed by atoms with Crippen molar-refractivity contribution >= 4 is 23.2 Å². The van der Waals surface area contributed by atoms with E-state index >= 15 is 0 Å². The third-order valence-electron chi connectivity index (χ3n) is 3.89. The predicted molar refractivity (Wildman–Crippen MR) is 101 cm³/mol. The van der Waals surface area contributed by atoms with Crippen LogP contribution < -0.4 is 20.9 Å². The Bertz CT molecular complexity index is 655. The lowest BCUT2D eigenvalue weighted by molar-refractivity contribution is -0.137. The number of nitrogens with zero attached hydrogens (tertiary/aromatic N) is 1. The smallest absolute Gasteiger partial charge is 0.416 e. The number of thiocarbonyl (C=S) groups is 1. The van der Waals surface area contributed by atoms with E-state index in [4.69, 9.17) is 21.7 Å². The first kappa shape index (κ1) is 22.2. The van der Waals surface area contributed by atoms with Gasteiger partial charge in [-0.05, 0) is 43.4 Å². The molecule has 1 fully saturated rings. The predicted octanol–water partition coefficient (Wildman–Crippen LogP) is 1.30. The number of carbonyl (C=O) groups excluding carboxylic acids is 1. The van der Waals surface area contributed by atoms with Crippen molar-refractivity contribution < 1.29 is 27.4 Å². The Morgan fingerprint density at radius 1 is 1.25 bits per heavy atom. The van der Waals surface area contributed by atoms with Crippen molar-refractivity contribution in [3.8, 4) is 5.75 Å². The molecule has 3 N–H and O–H groups in total. The van der Waals surface area contributed by atoms with Gasteiger partial charge >= 0.3 is 6.18 Å². The van der Waals surface area contributed by atoms with Gasteiger partial charge in [-0.15, -0.1) is 0 Å². The Labute approximate surface area is 166 Å². The fourth-order valence-corrected chi connectivity index (χ4v) is 2.60. The highest BCUT2D eigenvalue weighted by Crippen LogP contribution is 2.31. The second kappa shape index (κ2) is 11.0. The van der Waals surface area contributed by atoms with Crippen molar-refractivity contribution in [3.05, 3.63) is 29.8 Å². The molecule has 0 unspecified atom stereocenters. The molecule has 2 rings (SSSR count). The SMILES string of the molecule is O=C(COc1cccc(C(F)(F)F)c1)NNC(=S)NCCCN1CCOCC1. The summed E-state index contributed by atoms with van der Waals surface area (Å²) in [6.07, 6.45) is -3.59. The van der Waals surface area contributed by atoms with Crippen LogP contribution in [0.5, 0.6) is 5.75 Å². The van der Waals surface area contributed by atoms with Crippen LogP contribution in [0, 0.1) is 0 Å². The molecule has 1 aliphatic heterocycles. The largest absolute Gasteiger partial charge is 0.484 e. The van der Waals surface area contributed by atoms with Gasteiger partial charge in [0.15, 0.2) is 11.7 Å². The van der Waals surface area contributed by atoms with Gasteiger partial charge in [0.2, 0.25) is 0 Å². The van der Waals surface area contributed by atoms with Crippen molar-refractivity contribution in [2.75, 3.05) is 46.0 Å². The molecule has 0 aliphatic carbocycles. The molecular formula is C17H23F3N4O3S. The van der Waals surface area contributed by atoms with E-state index in [0.29, 0.717) is 6.54 Å². The van der Waals surface area contributed by atoms with Crippen LogP contribution in [0.1, 0.15) is 12.0 Å². The molecule has 1 aromatic carbocycles. The van der Waals surface area contributed by atoms with Crippen LogP contribution in [0.2, 0.25) is 0 Å². The highest BCUT2D eigenvalue weighted by molar-refractivity contribution is 7.80. The molecular weight excluding hydrogens is 397 g/mol. The molecule has 1 heterocycles. The van der Waals surface area contributed by atoms with Crippen molar-refractivity contribution in [1.29, 1.82) is 0 Å². The molecule has 11 heteroatoms. The van der Waals surface area contributed by atoms with E-state index in [9.17, 15) is 18.0 Å². The number of ether oxygens (including phenoxy) is 2. The monoisotopic (exact) mass is 420 g/mol. The lowest BCUT2D eigenvalue weighted by atomic mass is 10.2. The average Bonchev–Trinajstić information content (AvgIpc) is 2.68. The maximum atomic E-state index is 12.6. The molecule has 0 saturated carbocycles. The molecule has 1 aliphatic rings. The zero-order valence-corrected chi connectivity index (χ0v) is 16.0. The molecule has 7 nitrogen and oxygen atoms in total. The van der Waals surface area contributed by atoms with Crippen LogP contribution in [0.25, 0.3) is 0 Å². The first-order valence-corrected chi connectivity index (χ1v) is 9.18. The van der Waals surface area contributed by atoms with E-state index < -0.39 is 24.3 Å². The van der Waals surface area contributed by atoms with Crippen LogP contribution in [0.15, 0.2) is 24.3 Å². The van der Waals surface area contributed by atoms with E-state index in [2.05, 4.69) is 21.1 Å². The minimum atomic E-state index is -4.47. The van der Waals surface area contributed by atoms with Gasteiger partial charge in [0.1, 0.15) is 5.75 Å². The number of morpholine rings is 1. The average molecular weight is 420 g/mol. The molecule has 1 amide bonds. The number of alkyl halides is 3. The van der Waals surface area contributed by atoms with Gasteiger partial charge < -0.3 is 14.8 Å². The van der Waals surface area contributed by atoms with E-state index in [-0.39, 0.29) is 10.9 Å². The quantitative estimate of drug-likeness (QED) is 0.349. The zero-order chi connectivity index (χ0) is 20.4. The lowest BCUT2D eigenvalue weighted by Crippen LogP contribution is -2.48. The number of hydrogen-bond donors (Lipinski definition) is 3. The maximum absolute atomic E-state index is 12.6. The van der Waals surface area contributed by atoms with Gasteiger partial charge in [-0.1, -0.05) is 6.07 Å². The second-order valence-corrected chi connectivity index (χ2v) is 6.46. The number of benzene rings is 1. The number of hydrogen-bond acceptors (Lipinski definition) is 5. The van der Waals surface area contributed by atoms with E-state index in [1.54, 1.807) is 0 Å². The fraction of sp³-hybridized carbons (Fsp3) is 0.529. The van der Waals surface area contributed by atoms with Crippen molar-refractivity contribution in [1.82, 2.24) is 21.1 Å². The summed E-state index contributed by atoms with van der Waals surface area (Å²) in [5.74, 6) is -0.622. The Morgan fingerprint density at radius 2 is 2.00 bits per heavy atom.